The molecule has 0 bridgehead atoms. The number of amides is 1. The summed E-state index contributed by atoms with van der Waals surface area (Å²) in [4.78, 5) is 16.7. The van der Waals surface area contributed by atoms with Crippen LogP contribution in [0.4, 0.5) is 5.69 Å². The Hall–Kier alpha value is -1.67. The zero-order valence-corrected chi connectivity index (χ0v) is 17.3. The van der Waals surface area contributed by atoms with Crippen molar-refractivity contribution < 1.29 is 9.53 Å². The van der Waals surface area contributed by atoms with Crippen molar-refractivity contribution in [3.8, 4) is 0 Å². The van der Waals surface area contributed by atoms with Crippen LogP contribution >= 0.6 is 24.8 Å². The number of hydrogen-bond donors (Lipinski definition) is 2. The van der Waals surface area contributed by atoms with Crippen LogP contribution in [0.5, 0.6) is 0 Å². The van der Waals surface area contributed by atoms with Crippen LogP contribution in [0.1, 0.15) is 32.8 Å². The lowest BCUT2D eigenvalue weighted by Gasteiger charge is -2.57. The summed E-state index contributed by atoms with van der Waals surface area (Å²) in [6.07, 6.45) is 7.44. The topological polar surface area (TPSA) is 95.1 Å². The van der Waals surface area contributed by atoms with Gasteiger partial charge < -0.3 is 15.8 Å². The van der Waals surface area contributed by atoms with Crippen LogP contribution in [0.25, 0.3) is 0 Å². The number of rotatable bonds is 6. The molecule has 0 saturated heterocycles. The Balaban J connectivity index is 0.00000182. The van der Waals surface area contributed by atoms with Gasteiger partial charge in [-0.25, -0.2) is 0 Å². The average Bonchev–Trinajstić information content (AvgIpc) is 3.02. The summed E-state index contributed by atoms with van der Waals surface area (Å²) in [5.41, 5.74) is 6.76. The summed E-state index contributed by atoms with van der Waals surface area (Å²) in [5.74, 6) is -0.197. The minimum atomic E-state index is -0.944. The fourth-order valence-electron chi connectivity index (χ4n) is 3.25. The van der Waals surface area contributed by atoms with Crippen molar-refractivity contribution in [2.24, 2.45) is 11.1 Å². The van der Waals surface area contributed by atoms with Gasteiger partial charge in [0.2, 0.25) is 5.91 Å². The van der Waals surface area contributed by atoms with Gasteiger partial charge in [-0.2, -0.15) is 5.10 Å². The highest BCUT2D eigenvalue weighted by atomic mass is 35.5. The first-order valence-corrected chi connectivity index (χ1v) is 8.50. The molecule has 2 heterocycles. The van der Waals surface area contributed by atoms with E-state index in [0.717, 1.165) is 5.56 Å². The SMILES string of the molecule is CCOC1CC(N)(C(=O)Nc2cnn(Cc3ccncc3)c2)C1(C)C.Cl.Cl. The number of carbonyl (C=O) groups excluding carboxylic acids is 1. The van der Waals surface area contributed by atoms with Gasteiger partial charge in [-0.15, -0.1) is 24.8 Å². The summed E-state index contributed by atoms with van der Waals surface area (Å²) in [5, 5.41) is 7.18. The van der Waals surface area contributed by atoms with Gasteiger partial charge in [-0.3, -0.25) is 14.5 Å². The predicted octanol–water partition coefficient (Wildman–Crippen LogP) is 2.64. The minimum Gasteiger partial charge on any atom is -0.378 e. The number of halogens is 2. The minimum absolute atomic E-state index is 0. The van der Waals surface area contributed by atoms with E-state index in [1.54, 1.807) is 29.5 Å². The number of nitrogens with one attached hydrogen (secondary N) is 1. The third-order valence-electron chi connectivity index (χ3n) is 5.22. The number of nitrogens with two attached hydrogens (primary N) is 1. The van der Waals surface area contributed by atoms with Crippen LogP contribution in [-0.4, -0.2) is 38.9 Å². The largest absolute Gasteiger partial charge is 0.378 e. The fraction of sp³-hybridized carbons (Fsp3) is 0.500. The highest BCUT2D eigenvalue weighted by molar-refractivity contribution is 5.99. The number of aromatic nitrogens is 3. The van der Waals surface area contributed by atoms with Crippen molar-refractivity contribution in [3.05, 3.63) is 42.5 Å². The lowest BCUT2D eigenvalue weighted by Crippen LogP contribution is -2.74. The molecular weight excluding hydrogens is 389 g/mol. The van der Waals surface area contributed by atoms with Gasteiger partial charge >= 0.3 is 0 Å². The van der Waals surface area contributed by atoms with Crippen molar-refractivity contribution in [2.75, 3.05) is 11.9 Å². The van der Waals surface area contributed by atoms with Gasteiger partial charge in [0.05, 0.1) is 24.5 Å². The molecule has 27 heavy (non-hydrogen) atoms. The second-order valence-electron chi connectivity index (χ2n) is 7.08. The average molecular weight is 416 g/mol. The van der Waals surface area contributed by atoms with Gasteiger partial charge in [-0.1, -0.05) is 13.8 Å². The first-order valence-electron chi connectivity index (χ1n) is 8.50. The van der Waals surface area contributed by atoms with Crippen molar-refractivity contribution in [2.45, 2.75) is 45.4 Å². The molecule has 0 aromatic carbocycles. The molecule has 1 aliphatic carbocycles. The summed E-state index contributed by atoms with van der Waals surface area (Å²) < 4.78 is 7.44. The van der Waals surface area contributed by atoms with Gasteiger partial charge in [-0.05, 0) is 24.6 Å². The fourth-order valence-corrected chi connectivity index (χ4v) is 3.25. The summed E-state index contributed by atoms with van der Waals surface area (Å²) in [7, 11) is 0. The maximum absolute atomic E-state index is 12.7. The normalized spacial score (nSPS) is 22.7. The number of pyridine rings is 1. The van der Waals surface area contributed by atoms with Crippen LogP contribution in [0.15, 0.2) is 36.9 Å². The second kappa shape index (κ2) is 9.01. The molecule has 0 aliphatic heterocycles. The molecule has 3 N–H and O–H groups in total. The Bertz CT molecular complexity index is 753. The van der Waals surface area contributed by atoms with Crippen LogP contribution in [0.2, 0.25) is 0 Å². The lowest BCUT2D eigenvalue weighted by atomic mass is 9.54. The number of hydrogen-bond acceptors (Lipinski definition) is 5. The Morgan fingerprint density at radius 1 is 1.37 bits per heavy atom. The number of ether oxygens (including phenoxy) is 1. The number of anilines is 1. The molecule has 0 spiro atoms. The standard InChI is InChI=1S/C18H25N5O2.2ClH/c1-4-25-15-9-18(19,17(15,2)3)16(24)22-14-10-21-23(12-14)11-13-5-7-20-8-6-13;;/h5-8,10,12,15H,4,9,11,19H2,1-3H3,(H,22,24);2*1H. The molecule has 2 unspecified atom stereocenters. The molecule has 2 aromatic heterocycles. The third kappa shape index (κ3) is 4.43. The highest BCUT2D eigenvalue weighted by Gasteiger charge is 2.62. The highest BCUT2D eigenvalue weighted by Crippen LogP contribution is 2.50. The molecule has 1 amide bonds. The van der Waals surface area contributed by atoms with Crippen molar-refractivity contribution in [1.29, 1.82) is 0 Å². The van der Waals surface area contributed by atoms with Gasteiger partial charge in [0.15, 0.2) is 0 Å². The molecule has 2 atom stereocenters. The predicted molar refractivity (Wildman–Crippen MR) is 109 cm³/mol. The first-order chi connectivity index (χ1) is 11.9. The summed E-state index contributed by atoms with van der Waals surface area (Å²) in [6.45, 7) is 7.13. The van der Waals surface area contributed by atoms with Crippen molar-refractivity contribution >= 4 is 36.4 Å². The first kappa shape index (κ1) is 23.4. The zero-order chi connectivity index (χ0) is 18.1. The van der Waals surface area contributed by atoms with Crippen LogP contribution in [-0.2, 0) is 16.1 Å². The molecule has 3 rings (SSSR count). The van der Waals surface area contributed by atoms with Gasteiger partial charge in [0, 0.05) is 37.0 Å². The second-order valence-corrected chi connectivity index (χ2v) is 7.08. The van der Waals surface area contributed by atoms with Crippen LogP contribution in [0.3, 0.4) is 0 Å². The zero-order valence-electron chi connectivity index (χ0n) is 15.7. The van der Waals surface area contributed by atoms with E-state index in [-0.39, 0.29) is 36.8 Å². The molecule has 1 saturated carbocycles. The molecule has 7 nitrogen and oxygen atoms in total. The summed E-state index contributed by atoms with van der Waals surface area (Å²) >= 11 is 0. The van der Waals surface area contributed by atoms with Crippen LogP contribution < -0.4 is 11.1 Å². The molecule has 150 valence electrons. The van der Waals surface area contributed by atoms with E-state index in [4.69, 9.17) is 10.5 Å². The third-order valence-corrected chi connectivity index (χ3v) is 5.22. The number of nitrogens with zero attached hydrogens (tertiary/aromatic N) is 3. The molecule has 2 aromatic rings. The van der Waals surface area contributed by atoms with E-state index in [9.17, 15) is 4.79 Å². The lowest BCUT2D eigenvalue weighted by molar-refractivity contribution is -0.166. The maximum atomic E-state index is 12.7. The van der Waals surface area contributed by atoms with E-state index < -0.39 is 11.0 Å². The Morgan fingerprint density at radius 2 is 2.04 bits per heavy atom. The molecule has 1 aliphatic rings. The number of carbonyl (C=O) groups is 1. The van der Waals surface area contributed by atoms with E-state index in [1.165, 1.54) is 0 Å². The van der Waals surface area contributed by atoms with E-state index >= 15 is 0 Å². The van der Waals surface area contributed by atoms with Gasteiger partial charge in [0.25, 0.3) is 0 Å². The molecular formula is C18H27Cl2N5O2. The van der Waals surface area contributed by atoms with Crippen LogP contribution in [0, 0.1) is 5.41 Å². The molecule has 9 heteroatoms. The summed E-state index contributed by atoms with van der Waals surface area (Å²) in [6, 6.07) is 3.86. The van der Waals surface area contributed by atoms with E-state index in [2.05, 4.69) is 15.4 Å². The van der Waals surface area contributed by atoms with Crippen molar-refractivity contribution in [3.63, 3.8) is 0 Å². The maximum Gasteiger partial charge on any atom is 0.245 e. The quantitative estimate of drug-likeness (QED) is 0.755. The molecule has 1 fully saturated rings. The van der Waals surface area contributed by atoms with E-state index in [1.807, 2.05) is 32.9 Å². The van der Waals surface area contributed by atoms with E-state index in [0.29, 0.717) is 25.3 Å². The monoisotopic (exact) mass is 415 g/mol. The molecule has 0 radical (unpaired) electrons. The van der Waals surface area contributed by atoms with Crippen molar-refractivity contribution in [1.82, 2.24) is 14.8 Å². The van der Waals surface area contributed by atoms with Gasteiger partial charge in [0.1, 0.15) is 5.54 Å². The Morgan fingerprint density at radius 3 is 2.63 bits per heavy atom. The smallest absolute Gasteiger partial charge is 0.245 e. The Labute approximate surface area is 171 Å². The Kier molecular flexibility index (Phi) is 7.80.